The Morgan fingerprint density at radius 1 is 0.854 bits per heavy atom. The molecule has 2 aromatic carbocycles. The van der Waals surface area contributed by atoms with Crippen molar-refractivity contribution < 1.29 is 19.4 Å². The second-order valence-electron chi connectivity index (χ2n) is 11.7. The first kappa shape index (κ1) is 31.3. The van der Waals surface area contributed by atoms with E-state index in [0.29, 0.717) is 19.1 Å². The molecule has 0 spiro atoms. The summed E-state index contributed by atoms with van der Waals surface area (Å²) in [5, 5.41) is 9.73. The molecule has 7 nitrogen and oxygen atoms in total. The van der Waals surface area contributed by atoms with E-state index in [1.165, 1.54) is 11.1 Å². The van der Waals surface area contributed by atoms with Crippen molar-refractivity contribution in [1.29, 1.82) is 0 Å². The summed E-state index contributed by atoms with van der Waals surface area (Å²) >= 11 is 0. The molecular formula is C34H51N3O4. The van der Waals surface area contributed by atoms with Crippen molar-refractivity contribution in [2.45, 2.75) is 65.9 Å². The summed E-state index contributed by atoms with van der Waals surface area (Å²) in [6.45, 7) is 16.9. The van der Waals surface area contributed by atoms with Crippen LogP contribution in [0.3, 0.4) is 0 Å². The second-order valence-corrected chi connectivity index (χ2v) is 11.7. The Balaban J connectivity index is 1.27. The number of carbonyl (C=O) groups excluding carboxylic acids is 1. The molecule has 2 heterocycles. The van der Waals surface area contributed by atoms with Crippen molar-refractivity contribution in [2.24, 2.45) is 5.92 Å². The Kier molecular flexibility index (Phi) is 11.9. The summed E-state index contributed by atoms with van der Waals surface area (Å²) in [5.74, 6) is 2.30. The third kappa shape index (κ3) is 8.46. The lowest BCUT2D eigenvalue weighted by molar-refractivity contribution is -0.137. The molecule has 0 aromatic heterocycles. The Bertz CT molecular complexity index is 1120. The zero-order valence-corrected chi connectivity index (χ0v) is 25.7. The molecule has 0 saturated carbocycles. The Morgan fingerprint density at radius 3 is 1.93 bits per heavy atom. The SMILES string of the molecule is CCN(CC)C(=O)C1CCCN(CCCOc2cccc(-c3cccc(OCCCN4CCC(O)C4)c3C)c2C)C1. The van der Waals surface area contributed by atoms with Crippen molar-refractivity contribution in [2.75, 3.05) is 65.6 Å². The van der Waals surface area contributed by atoms with Crippen LogP contribution in [0.1, 0.15) is 57.1 Å². The molecule has 7 heteroatoms. The maximum atomic E-state index is 12.8. The van der Waals surface area contributed by atoms with Gasteiger partial charge in [-0.25, -0.2) is 0 Å². The fourth-order valence-electron chi connectivity index (χ4n) is 6.33. The van der Waals surface area contributed by atoms with Crippen LogP contribution in [0, 0.1) is 19.8 Å². The van der Waals surface area contributed by atoms with E-state index in [-0.39, 0.29) is 12.0 Å². The molecule has 41 heavy (non-hydrogen) atoms. The summed E-state index contributed by atoms with van der Waals surface area (Å²) in [6.07, 6.45) is 4.68. The van der Waals surface area contributed by atoms with Crippen LogP contribution in [0.25, 0.3) is 11.1 Å². The van der Waals surface area contributed by atoms with E-state index < -0.39 is 0 Å². The number of β-amino-alcohol motifs (C(OH)–C–C–N with tert-alkyl or cyclic N) is 1. The molecule has 2 fully saturated rings. The lowest BCUT2D eigenvalue weighted by Crippen LogP contribution is -2.45. The van der Waals surface area contributed by atoms with Crippen LogP contribution >= 0.6 is 0 Å². The molecule has 2 unspecified atom stereocenters. The number of carbonyl (C=O) groups is 1. The van der Waals surface area contributed by atoms with Gasteiger partial charge in [-0.15, -0.1) is 0 Å². The highest BCUT2D eigenvalue weighted by Gasteiger charge is 2.28. The first-order valence-electron chi connectivity index (χ1n) is 15.8. The van der Waals surface area contributed by atoms with Gasteiger partial charge in [0.1, 0.15) is 11.5 Å². The van der Waals surface area contributed by atoms with Crippen LogP contribution < -0.4 is 9.47 Å². The van der Waals surface area contributed by atoms with Crippen LogP contribution in [-0.4, -0.2) is 97.4 Å². The van der Waals surface area contributed by atoms with Crippen LogP contribution in [0.15, 0.2) is 36.4 Å². The quantitative estimate of drug-likeness (QED) is 0.320. The van der Waals surface area contributed by atoms with E-state index in [1.807, 2.05) is 4.90 Å². The average molecular weight is 566 g/mol. The van der Waals surface area contributed by atoms with E-state index >= 15 is 0 Å². The largest absolute Gasteiger partial charge is 0.493 e. The van der Waals surface area contributed by atoms with Crippen LogP contribution in [0.4, 0.5) is 0 Å². The predicted molar refractivity (Wildman–Crippen MR) is 166 cm³/mol. The second kappa shape index (κ2) is 15.6. The molecule has 2 saturated heterocycles. The third-order valence-corrected chi connectivity index (χ3v) is 8.79. The Labute approximate surface area is 247 Å². The molecule has 2 aliphatic rings. The topological polar surface area (TPSA) is 65.5 Å². The van der Waals surface area contributed by atoms with Crippen molar-refractivity contribution in [1.82, 2.24) is 14.7 Å². The predicted octanol–water partition coefficient (Wildman–Crippen LogP) is 5.16. The lowest BCUT2D eigenvalue weighted by Gasteiger charge is -2.34. The number of aliphatic hydroxyl groups excluding tert-OH is 1. The molecule has 2 atom stereocenters. The summed E-state index contributed by atoms with van der Waals surface area (Å²) in [4.78, 5) is 19.6. The normalized spacial score (nSPS) is 19.8. The number of piperidine rings is 1. The van der Waals surface area contributed by atoms with Gasteiger partial charge in [0.2, 0.25) is 5.91 Å². The van der Waals surface area contributed by atoms with Crippen LogP contribution in [-0.2, 0) is 4.79 Å². The smallest absolute Gasteiger partial charge is 0.226 e. The highest BCUT2D eigenvalue weighted by atomic mass is 16.5. The fraction of sp³-hybridized carbons (Fsp3) is 0.618. The highest BCUT2D eigenvalue weighted by molar-refractivity contribution is 5.79. The molecule has 4 rings (SSSR count). The summed E-state index contributed by atoms with van der Waals surface area (Å²) in [6, 6.07) is 12.6. The zero-order valence-electron chi connectivity index (χ0n) is 25.7. The van der Waals surface area contributed by atoms with E-state index in [1.54, 1.807) is 0 Å². The van der Waals surface area contributed by atoms with Gasteiger partial charge in [0.15, 0.2) is 0 Å². The van der Waals surface area contributed by atoms with Gasteiger partial charge in [-0.2, -0.15) is 0 Å². The molecule has 0 bridgehead atoms. The summed E-state index contributed by atoms with van der Waals surface area (Å²) < 4.78 is 12.5. The van der Waals surface area contributed by atoms with Gasteiger partial charge in [0, 0.05) is 45.8 Å². The number of ether oxygens (including phenoxy) is 2. The van der Waals surface area contributed by atoms with E-state index in [4.69, 9.17) is 9.47 Å². The van der Waals surface area contributed by atoms with Gasteiger partial charge < -0.3 is 29.3 Å². The minimum absolute atomic E-state index is 0.130. The number of rotatable bonds is 14. The Morgan fingerprint density at radius 2 is 1.41 bits per heavy atom. The average Bonchev–Trinajstić information content (AvgIpc) is 3.40. The van der Waals surface area contributed by atoms with Crippen molar-refractivity contribution in [3.8, 4) is 22.6 Å². The summed E-state index contributed by atoms with van der Waals surface area (Å²) in [7, 11) is 0. The van der Waals surface area contributed by atoms with Gasteiger partial charge in [0.25, 0.3) is 0 Å². The van der Waals surface area contributed by atoms with Gasteiger partial charge in [-0.05, 0) is 101 Å². The molecular weight excluding hydrogens is 514 g/mol. The van der Waals surface area contributed by atoms with E-state index in [0.717, 1.165) is 107 Å². The zero-order chi connectivity index (χ0) is 29.2. The maximum absolute atomic E-state index is 12.8. The maximum Gasteiger partial charge on any atom is 0.226 e. The Hall–Kier alpha value is -2.61. The van der Waals surface area contributed by atoms with Gasteiger partial charge in [-0.1, -0.05) is 24.3 Å². The van der Waals surface area contributed by atoms with Gasteiger partial charge in [0.05, 0.1) is 25.2 Å². The van der Waals surface area contributed by atoms with Crippen LogP contribution in [0.2, 0.25) is 0 Å². The fourth-order valence-corrected chi connectivity index (χ4v) is 6.33. The first-order chi connectivity index (χ1) is 19.9. The third-order valence-electron chi connectivity index (χ3n) is 8.79. The lowest BCUT2D eigenvalue weighted by atomic mass is 9.95. The number of benzene rings is 2. The molecule has 0 aliphatic carbocycles. The van der Waals surface area contributed by atoms with Crippen molar-refractivity contribution in [3.05, 3.63) is 47.5 Å². The molecule has 1 N–H and O–H groups in total. The van der Waals surface area contributed by atoms with Gasteiger partial charge in [-0.3, -0.25) is 4.79 Å². The number of likely N-dealkylation sites (tertiary alicyclic amines) is 2. The monoisotopic (exact) mass is 565 g/mol. The minimum Gasteiger partial charge on any atom is -0.493 e. The number of nitrogens with zero attached hydrogens (tertiary/aromatic N) is 3. The highest BCUT2D eigenvalue weighted by Crippen LogP contribution is 2.35. The van der Waals surface area contributed by atoms with Crippen molar-refractivity contribution in [3.63, 3.8) is 0 Å². The minimum atomic E-state index is -0.171. The number of hydrogen-bond donors (Lipinski definition) is 1. The number of aliphatic hydroxyl groups is 1. The molecule has 226 valence electrons. The first-order valence-corrected chi connectivity index (χ1v) is 15.8. The number of hydrogen-bond acceptors (Lipinski definition) is 6. The molecule has 2 aliphatic heterocycles. The molecule has 0 radical (unpaired) electrons. The van der Waals surface area contributed by atoms with Gasteiger partial charge >= 0.3 is 0 Å². The van der Waals surface area contributed by atoms with Crippen molar-refractivity contribution >= 4 is 5.91 Å². The molecule has 2 aromatic rings. The summed E-state index contributed by atoms with van der Waals surface area (Å²) in [5.41, 5.74) is 4.63. The van der Waals surface area contributed by atoms with E-state index in [2.05, 4.69) is 73.9 Å². The molecule has 1 amide bonds. The number of amides is 1. The van der Waals surface area contributed by atoms with Crippen LogP contribution in [0.5, 0.6) is 11.5 Å². The van der Waals surface area contributed by atoms with E-state index in [9.17, 15) is 9.90 Å². The standard InChI is InChI=1S/C34H51N3O4/c1-5-37(6-2)34(39)28-12-9-18-35(24-28)19-10-22-40-32-15-7-13-30(26(32)3)31-14-8-16-33(27(31)4)41-23-11-20-36-21-17-29(38)25-36/h7-8,13-16,28-29,38H,5-6,9-12,17-25H2,1-4H3.